The molecule has 18 heavy (non-hydrogen) atoms. The zero-order valence-corrected chi connectivity index (χ0v) is 10.6. The van der Waals surface area contributed by atoms with Crippen molar-refractivity contribution in [3.63, 3.8) is 0 Å². The number of rotatable bonds is 3. The molecule has 1 heterocycles. The smallest absolute Gasteiger partial charge is 0.381 e. The molecule has 0 aromatic heterocycles. The van der Waals surface area contributed by atoms with Crippen LogP contribution in [0.15, 0.2) is 0 Å². The Kier molecular flexibility index (Phi) is 4.61. The summed E-state index contributed by atoms with van der Waals surface area (Å²) in [6.45, 7) is 2.17. The minimum absolute atomic E-state index is 0.178. The quantitative estimate of drug-likeness (QED) is 0.835. The predicted octanol–water partition coefficient (Wildman–Crippen LogP) is 1.15. The van der Waals surface area contributed by atoms with E-state index in [9.17, 15) is 18.0 Å². The van der Waals surface area contributed by atoms with E-state index in [-0.39, 0.29) is 12.5 Å². The highest BCUT2D eigenvalue weighted by Gasteiger charge is 2.55. The van der Waals surface area contributed by atoms with Crippen LogP contribution in [-0.4, -0.2) is 49.3 Å². The predicted molar refractivity (Wildman–Crippen MR) is 59.8 cm³/mol. The summed E-state index contributed by atoms with van der Waals surface area (Å²) in [5.41, 5.74) is 2.28. The first-order valence-electron chi connectivity index (χ1n) is 5.85. The average Bonchev–Trinajstić information content (AvgIpc) is 2.27. The van der Waals surface area contributed by atoms with E-state index < -0.39 is 17.6 Å². The maximum atomic E-state index is 12.6. The normalized spacial score (nSPS) is 21.4. The van der Waals surface area contributed by atoms with Crippen LogP contribution in [0.4, 0.5) is 13.2 Å². The topological polar surface area (TPSA) is 55.6 Å². The Morgan fingerprint density at radius 2 is 1.89 bits per heavy atom. The SMILES string of the molecule is CN(CC1CCOCC1)C(=O)C(C)(N)C(F)(F)F. The van der Waals surface area contributed by atoms with Crippen LogP contribution in [0.5, 0.6) is 0 Å². The number of carbonyl (C=O) groups is 1. The average molecular weight is 268 g/mol. The second kappa shape index (κ2) is 5.44. The van der Waals surface area contributed by atoms with E-state index in [0.29, 0.717) is 20.1 Å². The summed E-state index contributed by atoms with van der Waals surface area (Å²) in [6, 6.07) is 0. The number of alkyl halides is 3. The van der Waals surface area contributed by atoms with Crippen LogP contribution in [-0.2, 0) is 9.53 Å². The van der Waals surface area contributed by atoms with Crippen LogP contribution >= 0.6 is 0 Å². The molecule has 0 bridgehead atoms. The lowest BCUT2D eigenvalue weighted by molar-refractivity contribution is -0.193. The molecule has 1 aliphatic rings. The summed E-state index contributed by atoms with van der Waals surface area (Å²) >= 11 is 0. The molecule has 106 valence electrons. The number of amides is 1. The molecule has 0 aromatic carbocycles. The standard InChI is InChI=1S/C11H19F3N2O2/c1-10(15,11(12,13)14)9(17)16(2)7-8-3-5-18-6-4-8/h8H,3-7,15H2,1-2H3. The number of likely N-dealkylation sites (N-methyl/N-ethyl adjacent to an activating group) is 1. The lowest BCUT2D eigenvalue weighted by atomic mass is 9.97. The van der Waals surface area contributed by atoms with Crippen LogP contribution in [0.2, 0.25) is 0 Å². The van der Waals surface area contributed by atoms with Gasteiger partial charge in [-0.3, -0.25) is 4.79 Å². The molecular weight excluding hydrogens is 249 g/mol. The van der Waals surface area contributed by atoms with Crippen molar-refractivity contribution < 1.29 is 22.7 Å². The number of carbonyl (C=O) groups excluding carboxylic acids is 1. The maximum Gasteiger partial charge on any atom is 0.415 e. The third-order valence-electron chi connectivity index (χ3n) is 3.25. The molecule has 1 rings (SSSR count). The molecule has 1 saturated heterocycles. The molecule has 0 radical (unpaired) electrons. The molecule has 1 amide bonds. The number of hydrogen-bond acceptors (Lipinski definition) is 3. The molecule has 0 saturated carbocycles. The van der Waals surface area contributed by atoms with E-state index in [1.165, 1.54) is 7.05 Å². The second-order valence-corrected chi connectivity index (χ2v) is 4.94. The number of nitrogens with two attached hydrogens (primary N) is 1. The zero-order valence-electron chi connectivity index (χ0n) is 10.6. The van der Waals surface area contributed by atoms with Crippen molar-refractivity contribution in [1.82, 2.24) is 4.90 Å². The largest absolute Gasteiger partial charge is 0.415 e. The lowest BCUT2D eigenvalue weighted by Crippen LogP contribution is -2.62. The van der Waals surface area contributed by atoms with Gasteiger partial charge in [0.15, 0.2) is 5.54 Å². The molecular formula is C11H19F3N2O2. The maximum absolute atomic E-state index is 12.6. The fourth-order valence-corrected chi connectivity index (χ4v) is 1.92. The van der Waals surface area contributed by atoms with Crippen molar-refractivity contribution in [3.05, 3.63) is 0 Å². The summed E-state index contributed by atoms with van der Waals surface area (Å²) in [6.07, 6.45) is -3.23. The fourth-order valence-electron chi connectivity index (χ4n) is 1.92. The van der Waals surface area contributed by atoms with Crippen molar-refractivity contribution >= 4 is 5.91 Å². The van der Waals surface area contributed by atoms with Crippen molar-refractivity contribution in [3.8, 4) is 0 Å². The van der Waals surface area contributed by atoms with Gasteiger partial charge in [0, 0.05) is 26.8 Å². The molecule has 1 unspecified atom stereocenters. The van der Waals surface area contributed by atoms with E-state index in [1.807, 2.05) is 0 Å². The summed E-state index contributed by atoms with van der Waals surface area (Å²) < 4.78 is 43.0. The summed E-state index contributed by atoms with van der Waals surface area (Å²) in [5.74, 6) is -0.918. The van der Waals surface area contributed by atoms with E-state index >= 15 is 0 Å². The van der Waals surface area contributed by atoms with Gasteiger partial charge >= 0.3 is 6.18 Å². The summed E-state index contributed by atoms with van der Waals surface area (Å²) in [4.78, 5) is 12.8. The van der Waals surface area contributed by atoms with Crippen molar-refractivity contribution in [1.29, 1.82) is 0 Å². The van der Waals surface area contributed by atoms with Gasteiger partial charge < -0.3 is 15.4 Å². The van der Waals surface area contributed by atoms with Crippen LogP contribution in [0.1, 0.15) is 19.8 Å². The molecule has 1 atom stereocenters. The van der Waals surface area contributed by atoms with Crippen LogP contribution in [0.3, 0.4) is 0 Å². The minimum atomic E-state index is -4.74. The van der Waals surface area contributed by atoms with E-state index in [2.05, 4.69) is 0 Å². The van der Waals surface area contributed by atoms with Crippen LogP contribution in [0, 0.1) is 5.92 Å². The Morgan fingerprint density at radius 3 is 2.33 bits per heavy atom. The first-order chi connectivity index (χ1) is 8.16. The molecule has 1 aliphatic heterocycles. The Bertz CT molecular complexity index is 299. The lowest BCUT2D eigenvalue weighted by Gasteiger charge is -2.33. The van der Waals surface area contributed by atoms with Gasteiger partial charge in [-0.2, -0.15) is 13.2 Å². The first kappa shape index (κ1) is 15.2. The van der Waals surface area contributed by atoms with Crippen molar-refractivity contribution in [2.75, 3.05) is 26.8 Å². The third-order valence-corrected chi connectivity index (χ3v) is 3.25. The minimum Gasteiger partial charge on any atom is -0.381 e. The van der Waals surface area contributed by atoms with Gasteiger partial charge in [-0.25, -0.2) is 0 Å². The summed E-state index contributed by atoms with van der Waals surface area (Å²) in [5, 5.41) is 0. The zero-order chi connectivity index (χ0) is 14.0. The van der Waals surface area contributed by atoms with Crippen LogP contribution < -0.4 is 5.73 Å². The van der Waals surface area contributed by atoms with Gasteiger partial charge in [0.1, 0.15) is 0 Å². The number of hydrogen-bond donors (Lipinski definition) is 1. The van der Waals surface area contributed by atoms with E-state index in [0.717, 1.165) is 17.7 Å². The highest BCUT2D eigenvalue weighted by Crippen LogP contribution is 2.29. The van der Waals surface area contributed by atoms with Gasteiger partial charge in [-0.05, 0) is 25.7 Å². The van der Waals surface area contributed by atoms with Gasteiger partial charge in [0.2, 0.25) is 0 Å². The highest BCUT2D eigenvalue weighted by atomic mass is 19.4. The molecule has 1 fully saturated rings. The Hall–Kier alpha value is -0.820. The second-order valence-electron chi connectivity index (χ2n) is 4.94. The molecule has 0 aliphatic carbocycles. The molecule has 0 aromatic rings. The molecule has 2 N–H and O–H groups in total. The van der Waals surface area contributed by atoms with Gasteiger partial charge in [0.05, 0.1) is 0 Å². The highest BCUT2D eigenvalue weighted by molar-refractivity contribution is 5.86. The summed E-state index contributed by atoms with van der Waals surface area (Å²) in [7, 11) is 1.36. The van der Waals surface area contributed by atoms with Crippen molar-refractivity contribution in [2.45, 2.75) is 31.5 Å². The van der Waals surface area contributed by atoms with Crippen molar-refractivity contribution in [2.24, 2.45) is 11.7 Å². The van der Waals surface area contributed by atoms with E-state index in [1.54, 1.807) is 0 Å². The Labute approximate surface area is 104 Å². The number of nitrogens with zero attached hydrogens (tertiary/aromatic N) is 1. The molecule has 0 spiro atoms. The first-order valence-corrected chi connectivity index (χ1v) is 5.85. The monoisotopic (exact) mass is 268 g/mol. The van der Waals surface area contributed by atoms with Gasteiger partial charge in [-0.1, -0.05) is 0 Å². The Morgan fingerprint density at radius 1 is 1.39 bits per heavy atom. The van der Waals surface area contributed by atoms with Crippen LogP contribution in [0.25, 0.3) is 0 Å². The van der Waals surface area contributed by atoms with Gasteiger partial charge in [-0.15, -0.1) is 0 Å². The number of halogens is 3. The van der Waals surface area contributed by atoms with E-state index in [4.69, 9.17) is 10.5 Å². The molecule has 4 nitrogen and oxygen atoms in total. The third kappa shape index (κ3) is 3.35. The van der Waals surface area contributed by atoms with Gasteiger partial charge in [0.25, 0.3) is 5.91 Å². The fraction of sp³-hybridized carbons (Fsp3) is 0.909. The Balaban J connectivity index is 2.60. The molecule has 7 heteroatoms. The number of ether oxygens (including phenoxy) is 1.